The summed E-state index contributed by atoms with van der Waals surface area (Å²) < 4.78 is 1.99. The van der Waals surface area contributed by atoms with Crippen molar-refractivity contribution in [3.8, 4) is 0 Å². The molecule has 0 amide bonds. The lowest BCUT2D eigenvalue weighted by molar-refractivity contribution is 0.0770. The van der Waals surface area contributed by atoms with Gasteiger partial charge in [0.05, 0.1) is 24.7 Å². The third-order valence-electron chi connectivity index (χ3n) is 3.29. The van der Waals surface area contributed by atoms with Crippen LogP contribution in [0.1, 0.15) is 31.7 Å². The van der Waals surface area contributed by atoms with Gasteiger partial charge in [0.25, 0.3) is 0 Å². The fourth-order valence-corrected chi connectivity index (χ4v) is 2.44. The van der Waals surface area contributed by atoms with Crippen LogP contribution in [0.5, 0.6) is 0 Å². The summed E-state index contributed by atoms with van der Waals surface area (Å²) in [6.07, 6.45) is 8.85. The van der Waals surface area contributed by atoms with E-state index in [9.17, 15) is 5.11 Å². The van der Waals surface area contributed by atoms with Gasteiger partial charge in [0.1, 0.15) is 11.8 Å². The number of aromatic nitrogens is 4. The van der Waals surface area contributed by atoms with E-state index in [0.717, 1.165) is 36.8 Å². The van der Waals surface area contributed by atoms with Crippen molar-refractivity contribution in [2.45, 2.75) is 37.8 Å². The summed E-state index contributed by atoms with van der Waals surface area (Å²) in [6, 6.07) is 0.119. The number of aliphatic hydroxyl groups is 1. The van der Waals surface area contributed by atoms with Gasteiger partial charge in [-0.05, 0) is 12.8 Å². The molecule has 0 saturated heterocycles. The highest BCUT2D eigenvalue weighted by Crippen LogP contribution is 2.30. The maximum atomic E-state index is 10.0. The topological polar surface area (TPSA) is 63.8 Å². The highest BCUT2D eigenvalue weighted by molar-refractivity contribution is 5.69. The first-order chi connectivity index (χ1) is 7.86. The second-order valence-electron chi connectivity index (χ2n) is 4.30. The third-order valence-corrected chi connectivity index (χ3v) is 3.29. The Morgan fingerprint density at radius 3 is 3.00 bits per heavy atom. The number of imidazole rings is 1. The summed E-state index contributed by atoms with van der Waals surface area (Å²) in [4.78, 5) is 12.4. The van der Waals surface area contributed by atoms with E-state index < -0.39 is 0 Å². The molecule has 1 N–H and O–H groups in total. The predicted octanol–water partition coefficient (Wildman–Crippen LogP) is 1.30. The molecule has 5 nitrogen and oxygen atoms in total. The minimum absolute atomic E-state index is 0.119. The molecule has 2 aromatic rings. The number of hydrogen-bond acceptors (Lipinski definition) is 4. The highest BCUT2D eigenvalue weighted by atomic mass is 16.3. The summed E-state index contributed by atoms with van der Waals surface area (Å²) in [5.74, 6) is 0. The average molecular weight is 218 g/mol. The SMILES string of the molecule is OC1CCCCC1n1cnc2cncnc21. The molecule has 2 aromatic heterocycles. The molecule has 1 fully saturated rings. The van der Waals surface area contributed by atoms with Crippen molar-refractivity contribution in [2.75, 3.05) is 0 Å². The van der Waals surface area contributed by atoms with Crippen LogP contribution in [0, 0.1) is 0 Å². The zero-order valence-corrected chi connectivity index (χ0v) is 8.95. The Morgan fingerprint density at radius 1 is 1.25 bits per heavy atom. The molecule has 0 spiro atoms. The molecule has 5 heteroatoms. The molecule has 16 heavy (non-hydrogen) atoms. The molecule has 0 bridgehead atoms. The average Bonchev–Trinajstić information content (AvgIpc) is 2.74. The van der Waals surface area contributed by atoms with Crippen molar-refractivity contribution in [3.05, 3.63) is 18.9 Å². The summed E-state index contributed by atoms with van der Waals surface area (Å²) in [5.41, 5.74) is 1.61. The summed E-state index contributed by atoms with van der Waals surface area (Å²) >= 11 is 0. The molecule has 1 aliphatic carbocycles. The van der Waals surface area contributed by atoms with Gasteiger partial charge in [-0.1, -0.05) is 12.8 Å². The zero-order chi connectivity index (χ0) is 11.0. The van der Waals surface area contributed by atoms with Gasteiger partial charge in [-0.25, -0.2) is 15.0 Å². The second kappa shape index (κ2) is 3.83. The van der Waals surface area contributed by atoms with Crippen molar-refractivity contribution in [2.24, 2.45) is 0 Å². The van der Waals surface area contributed by atoms with Gasteiger partial charge >= 0.3 is 0 Å². The number of aliphatic hydroxyl groups excluding tert-OH is 1. The second-order valence-corrected chi connectivity index (χ2v) is 4.30. The van der Waals surface area contributed by atoms with Crippen LogP contribution in [0.2, 0.25) is 0 Å². The molecule has 0 aliphatic heterocycles. The Morgan fingerprint density at radius 2 is 2.12 bits per heavy atom. The number of nitrogens with zero attached hydrogens (tertiary/aromatic N) is 4. The molecule has 0 radical (unpaired) electrons. The standard InChI is InChI=1S/C11H14N4O/c16-10-4-2-1-3-9(10)15-7-14-8-5-12-6-13-11(8)15/h5-7,9-10,16H,1-4H2. The Kier molecular flexibility index (Phi) is 2.32. The molecule has 2 unspecified atom stereocenters. The smallest absolute Gasteiger partial charge is 0.163 e. The van der Waals surface area contributed by atoms with Crippen LogP contribution in [0.25, 0.3) is 11.2 Å². The monoisotopic (exact) mass is 218 g/mol. The first kappa shape index (κ1) is 9.72. The Hall–Kier alpha value is -1.49. The fourth-order valence-electron chi connectivity index (χ4n) is 2.44. The molecule has 0 aromatic carbocycles. The maximum Gasteiger partial charge on any atom is 0.163 e. The van der Waals surface area contributed by atoms with Crippen molar-refractivity contribution < 1.29 is 5.11 Å². The highest BCUT2D eigenvalue weighted by Gasteiger charge is 2.25. The predicted molar refractivity (Wildman–Crippen MR) is 58.8 cm³/mol. The van der Waals surface area contributed by atoms with Crippen LogP contribution >= 0.6 is 0 Å². The van der Waals surface area contributed by atoms with Crippen LogP contribution in [-0.4, -0.2) is 30.7 Å². The zero-order valence-electron chi connectivity index (χ0n) is 8.95. The van der Waals surface area contributed by atoms with Gasteiger partial charge in [0, 0.05) is 0 Å². The van der Waals surface area contributed by atoms with Crippen LogP contribution in [-0.2, 0) is 0 Å². The van der Waals surface area contributed by atoms with E-state index in [4.69, 9.17) is 0 Å². The van der Waals surface area contributed by atoms with Crippen molar-refractivity contribution in [1.29, 1.82) is 0 Å². The van der Waals surface area contributed by atoms with Crippen LogP contribution in [0.15, 0.2) is 18.9 Å². The van der Waals surface area contributed by atoms with E-state index in [0.29, 0.717) is 0 Å². The quantitative estimate of drug-likeness (QED) is 0.783. The van der Waals surface area contributed by atoms with Crippen LogP contribution in [0.4, 0.5) is 0 Å². The molecule has 2 heterocycles. The lowest BCUT2D eigenvalue weighted by Gasteiger charge is -2.28. The summed E-state index contributed by atoms with van der Waals surface area (Å²) in [5, 5.41) is 10.0. The van der Waals surface area contributed by atoms with Gasteiger partial charge in [-0.3, -0.25) is 0 Å². The Balaban J connectivity index is 2.04. The lowest BCUT2D eigenvalue weighted by Crippen LogP contribution is -2.27. The van der Waals surface area contributed by atoms with E-state index in [1.54, 1.807) is 12.5 Å². The number of fused-ring (bicyclic) bond motifs is 1. The van der Waals surface area contributed by atoms with E-state index >= 15 is 0 Å². The first-order valence-electron chi connectivity index (χ1n) is 5.67. The minimum Gasteiger partial charge on any atom is -0.391 e. The summed E-state index contributed by atoms with van der Waals surface area (Å²) in [7, 11) is 0. The minimum atomic E-state index is -0.277. The molecule has 1 saturated carbocycles. The Labute approximate surface area is 93.2 Å². The van der Waals surface area contributed by atoms with E-state index in [1.165, 1.54) is 6.33 Å². The van der Waals surface area contributed by atoms with Gasteiger partial charge < -0.3 is 9.67 Å². The molecule has 1 aliphatic rings. The lowest BCUT2D eigenvalue weighted by atomic mass is 9.92. The number of hydrogen-bond donors (Lipinski definition) is 1. The van der Waals surface area contributed by atoms with Gasteiger partial charge in [-0.2, -0.15) is 0 Å². The maximum absolute atomic E-state index is 10.0. The molecular formula is C11H14N4O. The first-order valence-corrected chi connectivity index (χ1v) is 5.67. The van der Waals surface area contributed by atoms with Crippen molar-refractivity contribution >= 4 is 11.2 Å². The van der Waals surface area contributed by atoms with Crippen molar-refractivity contribution in [1.82, 2.24) is 19.5 Å². The summed E-state index contributed by atoms with van der Waals surface area (Å²) in [6.45, 7) is 0. The largest absolute Gasteiger partial charge is 0.391 e. The third kappa shape index (κ3) is 1.48. The Bertz CT molecular complexity index is 495. The number of rotatable bonds is 1. The fraction of sp³-hybridized carbons (Fsp3) is 0.545. The van der Waals surface area contributed by atoms with Crippen LogP contribution in [0.3, 0.4) is 0 Å². The molecule has 2 atom stereocenters. The van der Waals surface area contributed by atoms with Gasteiger partial charge in [0.2, 0.25) is 0 Å². The van der Waals surface area contributed by atoms with Crippen LogP contribution < -0.4 is 0 Å². The normalized spacial score (nSPS) is 26.1. The molecule has 84 valence electrons. The molecule has 3 rings (SSSR count). The van der Waals surface area contributed by atoms with Crippen molar-refractivity contribution in [3.63, 3.8) is 0 Å². The van der Waals surface area contributed by atoms with Gasteiger partial charge in [-0.15, -0.1) is 0 Å². The van der Waals surface area contributed by atoms with E-state index in [2.05, 4.69) is 15.0 Å². The molecular weight excluding hydrogens is 204 g/mol. The van der Waals surface area contributed by atoms with E-state index in [-0.39, 0.29) is 12.1 Å². The van der Waals surface area contributed by atoms with E-state index in [1.807, 2.05) is 4.57 Å². The van der Waals surface area contributed by atoms with Gasteiger partial charge in [0.15, 0.2) is 5.65 Å².